The summed E-state index contributed by atoms with van der Waals surface area (Å²) in [6.45, 7) is 12.3. The van der Waals surface area contributed by atoms with Crippen molar-refractivity contribution in [2.45, 2.75) is 52.4 Å². The highest BCUT2D eigenvalue weighted by molar-refractivity contribution is 5.95. The van der Waals surface area contributed by atoms with Gasteiger partial charge in [0.1, 0.15) is 11.5 Å². The number of carbonyl (C=O) groups excluding carboxylic acids is 1. The highest BCUT2D eigenvalue weighted by Gasteiger charge is 2.26. The first-order valence-corrected chi connectivity index (χ1v) is 8.90. The second-order valence-corrected chi connectivity index (χ2v) is 8.71. The Morgan fingerprint density at radius 3 is 1.85 bits per heavy atom. The summed E-state index contributed by atoms with van der Waals surface area (Å²) >= 11 is 0. The zero-order valence-corrected chi connectivity index (χ0v) is 16.8. The van der Waals surface area contributed by atoms with E-state index in [9.17, 15) is 15.0 Å². The van der Waals surface area contributed by atoms with Crippen LogP contribution in [0.4, 0.5) is 0 Å². The number of rotatable bonds is 3. The predicted octanol–water partition coefficient (Wildman–Crippen LogP) is 4.46. The van der Waals surface area contributed by atoms with Crippen LogP contribution in [0, 0.1) is 0 Å². The molecule has 5 heteroatoms. The Kier molecular flexibility index (Phi) is 5.64. The Bertz CT molecular complexity index is 820. The van der Waals surface area contributed by atoms with Crippen molar-refractivity contribution >= 4 is 12.1 Å². The summed E-state index contributed by atoms with van der Waals surface area (Å²) in [5.74, 6) is 0.0426. The number of carbonyl (C=O) groups is 1. The van der Waals surface area contributed by atoms with Crippen LogP contribution in [0.2, 0.25) is 0 Å². The van der Waals surface area contributed by atoms with Crippen LogP contribution in [-0.4, -0.2) is 22.3 Å². The normalized spacial score (nSPS) is 12.4. The number of hydrazone groups is 1. The summed E-state index contributed by atoms with van der Waals surface area (Å²) in [6.07, 6.45) is 1.57. The lowest BCUT2D eigenvalue weighted by molar-refractivity contribution is 0.0955. The lowest BCUT2D eigenvalue weighted by Crippen LogP contribution is -2.19. The van der Waals surface area contributed by atoms with E-state index in [0.717, 1.165) is 16.7 Å². The highest BCUT2D eigenvalue weighted by atomic mass is 16.3. The number of amides is 1. The minimum absolute atomic E-state index is 0.101. The number of nitrogens with zero attached hydrogens (tertiary/aromatic N) is 1. The highest BCUT2D eigenvalue weighted by Crippen LogP contribution is 2.39. The molecule has 2 aromatic rings. The van der Waals surface area contributed by atoms with Gasteiger partial charge in [-0.3, -0.25) is 4.79 Å². The van der Waals surface area contributed by atoms with Gasteiger partial charge >= 0.3 is 0 Å². The van der Waals surface area contributed by atoms with E-state index in [1.165, 1.54) is 24.3 Å². The van der Waals surface area contributed by atoms with Gasteiger partial charge in [0.2, 0.25) is 0 Å². The summed E-state index contributed by atoms with van der Waals surface area (Å²) in [5.41, 5.74) is 4.89. The standard InChI is InChI=1S/C22H28N2O3/c1-21(2,3)17-11-14(12-18(19(17)26)22(4,5)6)13-23-24-20(27)15-7-9-16(25)10-8-15/h7-13,25-26H,1-6H3,(H,24,27)/b23-13-. The Labute approximate surface area is 160 Å². The number of benzene rings is 2. The van der Waals surface area contributed by atoms with E-state index in [-0.39, 0.29) is 22.5 Å². The largest absolute Gasteiger partial charge is 0.508 e. The molecule has 27 heavy (non-hydrogen) atoms. The molecule has 0 fully saturated rings. The van der Waals surface area contributed by atoms with E-state index >= 15 is 0 Å². The van der Waals surface area contributed by atoms with Crippen molar-refractivity contribution in [2.75, 3.05) is 0 Å². The first-order valence-electron chi connectivity index (χ1n) is 8.90. The first-order chi connectivity index (χ1) is 12.4. The topological polar surface area (TPSA) is 81.9 Å². The Balaban J connectivity index is 2.31. The van der Waals surface area contributed by atoms with Crippen molar-refractivity contribution in [3.05, 3.63) is 58.7 Å². The van der Waals surface area contributed by atoms with E-state index in [1.54, 1.807) is 6.21 Å². The van der Waals surface area contributed by atoms with Crippen molar-refractivity contribution in [1.82, 2.24) is 5.43 Å². The molecule has 0 heterocycles. The smallest absolute Gasteiger partial charge is 0.271 e. The molecule has 0 aromatic heterocycles. The molecule has 5 nitrogen and oxygen atoms in total. The maximum atomic E-state index is 12.1. The Morgan fingerprint density at radius 2 is 1.41 bits per heavy atom. The number of phenolic OH excluding ortho intramolecular Hbond substituents is 2. The molecule has 2 rings (SSSR count). The summed E-state index contributed by atoms with van der Waals surface area (Å²) in [5, 5.41) is 24.1. The molecule has 1 amide bonds. The van der Waals surface area contributed by atoms with Crippen molar-refractivity contribution < 1.29 is 15.0 Å². The quantitative estimate of drug-likeness (QED) is 0.553. The molecule has 0 spiro atoms. The third kappa shape index (κ3) is 5.09. The van der Waals surface area contributed by atoms with Crippen LogP contribution in [0.25, 0.3) is 0 Å². The SMILES string of the molecule is CC(C)(C)c1cc(/C=N\NC(=O)c2ccc(O)cc2)cc(C(C)(C)C)c1O. The molecular formula is C22H28N2O3. The van der Waals surface area contributed by atoms with Gasteiger partial charge in [0.15, 0.2) is 0 Å². The van der Waals surface area contributed by atoms with E-state index in [1.807, 2.05) is 53.7 Å². The van der Waals surface area contributed by atoms with Gasteiger partial charge in [-0.2, -0.15) is 5.10 Å². The Hall–Kier alpha value is -2.82. The van der Waals surface area contributed by atoms with Crippen LogP contribution in [0.3, 0.4) is 0 Å². The van der Waals surface area contributed by atoms with Gasteiger partial charge in [0.05, 0.1) is 6.21 Å². The number of aromatic hydroxyl groups is 2. The molecule has 0 unspecified atom stereocenters. The second-order valence-electron chi connectivity index (χ2n) is 8.71. The van der Waals surface area contributed by atoms with E-state index in [4.69, 9.17) is 0 Å². The molecule has 144 valence electrons. The summed E-state index contributed by atoms with van der Waals surface area (Å²) in [6, 6.07) is 9.72. The van der Waals surface area contributed by atoms with Crippen molar-refractivity contribution in [3.63, 3.8) is 0 Å². The third-order valence-electron chi connectivity index (χ3n) is 4.26. The van der Waals surface area contributed by atoms with Crippen molar-refractivity contribution in [2.24, 2.45) is 5.10 Å². The molecule has 2 aromatic carbocycles. The minimum Gasteiger partial charge on any atom is -0.508 e. The molecule has 0 radical (unpaired) electrons. The first kappa shape index (κ1) is 20.5. The fraction of sp³-hybridized carbons (Fsp3) is 0.364. The van der Waals surface area contributed by atoms with Crippen LogP contribution in [-0.2, 0) is 10.8 Å². The number of hydrogen-bond donors (Lipinski definition) is 3. The molecule has 0 saturated carbocycles. The number of hydrogen-bond acceptors (Lipinski definition) is 4. The second kappa shape index (κ2) is 7.43. The zero-order valence-electron chi connectivity index (χ0n) is 16.8. The maximum Gasteiger partial charge on any atom is 0.271 e. The lowest BCUT2D eigenvalue weighted by Gasteiger charge is -2.27. The van der Waals surface area contributed by atoms with Crippen molar-refractivity contribution in [3.8, 4) is 11.5 Å². The molecule has 0 saturated heterocycles. The minimum atomic E-state index is -0.364. The fourth-order valence-electron chi connectivity index (χ4n) is 2.72. The molecule has 3 N–H and O–H groups in total. The van der Waals surface area contributed by atoms with Gasteiger partial charge in [-0.15, -0.1) is 0 Å². The average Bonchev–Trinajstić information content (AvgIpc) is 2.54. The van der Waals surface area contributed by atoms with Crippen LogP contribution in [0.15, 0.2) is 41.5 Å². The van der Waals surface area contributed by atoms with E-state index in [2.05, 4.69) is 10.5 Å². The van der Waals surface area contributed by atoms with E-state index in [0.29, 0.717) is 11.3 Å². The van der Waals surface area contributed by atoms with Crippen LogP contribution in [0.5, 0.6) is 11.5 Å². The van der Waals surface area contributed by atoms with Crippen LogP contribution in [0.1, 0.15) is 68.6 Å². The van der Waals surface area contributed by atoms with Crippen molar-refractivity contribution in [1.29, 1.82) is 0 Å². The third-order valence-corrected chi connectivity index (χ3v) is 4.26. The summed E-state index contributed by atoms with van der Waals surface area (Å²) in [7, 11) is 0. The zero-order chi connectivity index (χ0) is 20.4. The summed E-state index contributed by atoms with van der Waals surface area (Å²) < 4.78 is 0. The summed E-state index contributed by atoms with van der Waals surface area (Å²) in [4.78, 5) is 12.1. The van der Waals surface area contributed by atoms with Gasteiger partial charge in [0.25, 0.3) is 5.91 Å². The molecule has 0 aliphatic rings. The van der Waals surface area contributed by atoms with Gasteiger partial charge < -0.3 is 10.2 Å². The molecule has 0 aliphatic carbocycles. The number of phenols is 2. The van der Waals surface area contributed by atoms with Gasteiger partial charge in [-0.05, 0) is 52.8 Å². The average molecular weight is 368 g/mol. The van der Waals surface area contributed by atoms with Gasteiger partial charge in [-0.25, -0.2) is 5.43 Å². The molecule has 0 aliphatic heterocycles. The monoisotopic (exact) mass is 368 g/mol. The molecule has 0 atom stereocenters. The predicted molar refractivity (Wildman–Crippen MR) is 109 cm³/mol. The number of nitrogens with one attached hydrogen (secondary N) is 1. The molecular weight excluding hydrogens is 340 g/mol. The molecule has 0 bridgehead atoms. The van der Waals surface area contributed by atoms with E-state index < -0.39 is 0 Å². The van der Waals surface area contributed by atoms with Gasteiger partial charge in [-0.1, -0.05) is 41.5 Å². The lowest BCUT2D eigenvalue weighted by atomic mass is 9.78. The Morgan fingerprint density at radius 1 is 0.926 bits per heavy atom. The fourth-order valence-corrected chi connectivity index (χ4v) is 2.72. The van der Waals surface area contributed by atoms with Crippen LogP contribution >= 0.6 is 0 Å². The van der Waals surface area contributed by atoms with Crippen LogP contribution < -0.4 is 5.43 Å². The van der Waals surface area contributed by atoms with Gasteiger partial charge in [0, 0.05) is 16.7 Å². The maximum absolute atomic E-state index is 12.1.